The fraction of sp³-hybridized carbons (Fsp3) is 0.944. The zero-order valence-electron chi connectivity index (χ0n) is 16.6. The lowest BCUT2D eigenvalue weighted by molar-refractivity contribution is 0.00395. The first-order chi connectivity index (χ1) is 11.8. The molecule has 0 aromatic rings. The van der Waals surface area contributed by atoms with Crippen LogP contribution in [-0.4, -0.2) is 76.6 Å². The van der Waals surface area contributed by atoms with Crippen molar-refractivity contribution < 1.29 is 9.47 Å². The number of guanidine groups is 1. The van der Waals surface area contributed by atoms with Crippen LogP contribution in [-0.2, 0) is 9.47 Å². The number of hydrogen-bond donors (Lipinski definition) is 2. The van der Waals surface area contributed by atoms with Crippen LogP contribution in [0, 0.1) is 5.92 Å². The largest absolute Gasteiger partial charge is 0.385 e. The molecule has 150 valence electrons. The van der Waals surface area contributed by atoms with Crippen molar-refractivity contribution >= 4 is 29.9 Å². The number of nitrogens with zero attached hydrogens (tertiary/aromatic N) is 2. The second-order valence-corrected chi connectivity index (χ2v) is 6.29. The van der Waals surface area contributed by atoms with E-state index in [4.69, 9.17) is 14.5 Å². The minimum absolute atomic E-state index is 0. The average Bonchev–Trinajstić information content (AvgIpc) is 2.62. The summed E-state index contributed by atoms with van der Waals surface area (Å²) in [6.45, 7) is 13.8. The van der Waals surface area contributed by atoms with Crippen LogP contribution in [0.5, 0.6) is 0 Å². The SMILES string of the molecule is CCNC(=NCC(C(CC)CC)N1CCOCC1)NCCCOC.I. The molecule has 1 heterocycles. The highest BCUT2D eigenvalue weighted by Crippen LogP contribution is 2.20. The second kappa shape index (κ2) is 16.1. The van der Waals surface area contributed by atoms with Gasteiger partial charge in [-0.05, 0) is 19.3 Å². The lowest BCUT2D eigenvalue weighted by Crippen LogP contribution is -2.49. The van der Waals surface area contributed by atoms with Gasteiger partial charge in [-0.1, -0.05) is 26.7 Å². The van der Waals surface area contributed by atoms with Crippen molar-refractivity contribution in [2.45, 2.75) is 46.1 Å². The number of aliphatic imine (C=N–C) groups is 1. The number of nitrogens with one attached hydrogen (secondary N) is 2. The van der Waals surface area contributed by atoms with E-state index >= 15 is 0 Å². The van der Waals surface area contributed by atoms with Crippen molar-refractivity contribution in [1.29, 1.82) is 0 Å². The van der Waals surface area contributed by atoms with Gasteiger partial charge in [-0.2, -0.15) is 0 Å². The Bertz CT molecular complexity index is 335. The Balaban J connectivity index is 0.00000576. The van der Waals surface area contributed by atoms with Gasteiger partial charge < -0.3 is 20.1 Å². The Morgan fingerprint density at radius 3 is 2.40 bits per heavy atom. The van der Waals surface area contributed by atoms with E-state index in [1.165, 1.54) is 12.8 Å². The number of ether oxygens (including phenoxy) is 2. The first kappa shape index (κ1) is 24.9. The van der Waals surface area contributed by atoms with E-state index < -0.39 is 0 Å². The highest BCUT2D eigenvalue weighted by atomic mass is 127. The summed E-state index contributed by atoms with van der Waals surface area (Å²) in [4.78, 5) is 7.44. The van der Waals surface area contributed by atoms with E-state index in [0.29, 0.717) is 12.0 Å². The number of hydrogen-bond acceptors (Lipinski definition) is 4. The Morgan fingerprint density at radius 2 is 1.84 bits per heavy atom. The zero-order chi connectivity index (χ0) is 17.6. The van der Waals surface area contributed by atoms with E-state index in [9.17, 15) is 0 Å². The van der Waals surface area contributed by atoms with Gasteiger partial charge in [0, 0.05) is 45.9 Å². The third-order valence-corrected chi connectivity index (χ3v) is 4.71. The molecule has 25 heavy (non-hydrogen) atoms. The predicted molar refractivity (Wildman–Crippen MR) is 116 cm³/mol. The topological polar surface area (TPSA) is 58.1 Å². The molecule has 1 rings (SSSR count). The fourth-order valence-electron chi connectivity index (χ4n) is 3.25. The number of methoxy groups -OCH3 is 1. The molecule has 1 saturated heterocycles. The highest BCUT2D eigenvalue weighted by molar-refractivity contribution is 14.0. The molecule has 0 saturated carbocycles. The molecule has 0 aromatic carbocycles. The Hall–Kier alpha value is -0.120. The number of halogens is 1. The van der Waals surface area contributed by atoms with Crippen molar-refractivity contribution in [2.24, 2.45) is 10.9 Å². The number of morpholine rings is 1. The van der Waals surface area contributed by atoms with Crippen molar-refractivity contribution in [1.82, 2.24) is 15.5 Å². The number of rotatable bonds is 11. The van der Waals surface area contributed by atoms with Gasteiger partial charge in [-0.25, -0.2) is 0 Å². The Morgan fingerprint density at radius 1 is 1.16 bits per heavy atom. The zero-order valence-corrected chi connectivity index (χ0v) is 18.9. The first-order valence-electron chi connectivity index (χ1n) is 9.59. The fourth-order valence-corrected chi connectivity index (χ4v) is 3.25. The van der Waals surface area contributed by atoms with Crippen molar-refractivity contribution in [3.63, 3.8) is 0 Å². The Labute approximate surface area is 171 Å². The minimum Gasteiger partial charge on any atom is -0.385 e. The molecule has 0 aromatic heterocycles. The van der Waals surface area contributed by atoms with E-state index in [2.05, 4.69) is 36.3 Å². The third-order valence-electron chi connectivity index (χ3n) is 4.71. The lowest BCUT2D eigenvalue weighted by Gasteiger charge is -2.38. The standard InChI is InChI=1S/C18H38N4O2.HI/c1-5-16(6-2)17(22-10-13-24-14-11-22)15-21-18(19-7-3)20-9-8-12-23-4;/h16-17H,5-15H2,1-4H3,(H2,19,20,21);1H. The summed E-state index contributed by atoms with van der Waals surface area (Å²) in [5.74, 6) is 1.60. The van der Waals surface area contributed by atoms with Gasteiger partial charge in [0.25, 0.3) is 0 Å². The third kappa shape index (κ3) is 9.96. The van der Waals surface area contributed by atoms with E-state index in [1.807, 2.05) is 0 Å². The van der Waals surface area contributed by atoms with Crippen molar-refractivity contribution in [3.8, 4) is 0 Å². The van der Waals surface area contributed by atoms with Gasteiger partial charge in [0.05, 0.1) is 19.8 Å². The molecule has 0 spiro atoms. The molecule has 1 aliphatic rings. The van der Waals surface area contributed by atoms with E-state index in [1.54, 1.807) is 7.11 Å². The normalized spacial score (nSPS) is 17.2. The molecule has 2 N–H and O–H groups in total. The average molecular weight is 470 g/mol. The summed E-state index contributed by atoms with van der Waals surface area (Å²) in [5.41, 5.74) is 0. The van der Waals surface area contributed by atoms with Crippen LogP contribution < -0.4 is 10.6 Å². The summed E-state index contributed by atoms with van der Waals surface area (Å²) in [7, 11) is 1.74. The molecule has 0 bridgehead atoms. The summed E-state index contributed by atoms with van der Waals surface area (Å²) in [6.07, 6.45) is 3.39. The van der Waals surface area contributed by atoms with Gasteiger partial charge in [0.1, 0.15) is 0 Å². The molecule has 1 fully saturated rings. The van der Waals surface area contributed by atoms with Gasteiger partial charge in [-0.3, -0.25) is 9.89 Å². The van der Waals surface area contributed by atoms with Crippen LogP contribution in [0.2, 0.25) is 0 Å². The van der Waals surface area contributed by atoms with Gasteiger partial charge in [0.15, 0.2) is 5.96 Å². The Kier molecular flexibility index (Phi) is 16.0. The smallest absolute Gasteiger partial charge is 0.191 e. The van der Waals surface area contributed by atoms with Gasteiger partial charge in [-0.15, -0.1) is 24.0 Å². The second-order valence-electron chi connectivity index (χ2n) is 6.29. The molecule has 6 nitrogen and oxygen atoms in total. The maximum Gasteiger partial charge on any atom is 0.191 e. The highest BCUT2D eigenvalue weighted by Gasteiger charge is 2.26. The summed E-state index contributed by atoms with van der Waals surface area (Å²) in [5, 5.41) is 6.75. The molecular formula is C18H39IN4O2. The minimum atomic E-state index is 0. The van der Waals surface area contributed by atoms with Crippen molar-refractivity contribution in [3.05, 3.63) is 0 Å². The molecule has 1 atom stereocenters. The van der Waals surface area contributed by atoms with Crippen LogP contribution in [0.4, 0.5) is 0 Å². The van der Waals surface area contributed by atoms with Crippen LogP contribution in [0.15, 0.2) is 4.99 Å². The summed E-state index contributed by atoms with van der Waals surface area (Å²) >= 11 is 0. The molecular weight excluding hydrogens is 431 g/mol. The van der Waals surface area contributed by atoms with Gasteiger partial charge in [0.2, 0.25) is 0 Å². The van der Waals surface area contributed by atoms with Crippen LogP contribution in [0.25, 0.3) is 0 Å². The van der Waals surface area contributed by atoms with Crippen LogP contribution in [0.3, 0.4) is 0 Å². The molecule has 0 aliphatic carbocycles. The molecule has 0 radical (unpaired) electrons. The quantitative estimate of drug-likeness (QED) is 0.210. The molecule has 0 amide bonds. The van der Waals surface area contributed by atoms with Crippen LogP contribution in [0.1, 0.15) is 40.0 Å². The predicted octanol–water partition coefficient (Wildman–Crippen LogP) is 2.33. The van der Waals surface area contributed by atoms with Crippen LogP contribution >= 0.6 is 24.0 Å². The molecule has 1 aliphatic heterocycles. The lowest BCUT2D eigenvalue weighted by atomic mass is 9.92. The summed E-state index contributed by atoms with van der Waals surface area (Å²) < 4.78 is 10.6. The van der Waals surface area contributed by atoms with E-state index in [0.717, 1.165) is 64.9 Å². The molecule has 1 unspecified atom stereocenters. The molecule has 7 heteroatoms. The van der Waals surface area contributed by atoms with Gasteiger partial charge >= 0.3 is 0 Å². The first-order valence-corrected chi connectivity index (χ1v) is 9.59. The summed E-state index contributed by atoms with van der Waals surface area (Å²) in [6, 6.07) is 0.498. The van der Waals surface area contributed by atoms with E-state index in [-0.39, 0.29) is 24.0 Å². The van der Waals surface area contributed by atoms with Crippen molar-refractivity contribution in [2.75, 3.05) is 59.7 Å². The monoisotopic (exact) mass is 470 g/mol. The maximum atomic E-state index is 5.52. The maximum absolute atomic E-state index is 5.52.